The highest BCUT2D eigenvalue weighted by molar-refractivity contribution is 5.95. The summed E-state index contributed by atoms with van der Waals surface area (Å²) in [6.07, 6.45) is 8.51. The Labute approximate surface area is 157 Å². The van der Waals surface area contributed by atoms with Crippen LogP contribution in [0.25, 0.3) is 0 Å². The third-order valence-electron chi connectivity index (χ3n) is 4.79. The molecule has 4 rings (SSSR count). The van der Waals surface area contributed by atoms with Crippen LogP contribution in [0.1, 0.15) is 22.1 Å². The molecule has 1 aliphatic rings. The van der Waals surface area contributed by atoms with Crippen LogP contribution in [-0.4, -0.2) is 49.5 Å². The SMILES string of the molecule is Cn1ccnc1[C@@H]1CN(C(=O)c2cccc(Nc3cnccn3)c2)C[C@H]1N. The topological polar surface area (TPSA) is 102 Å². The van der Waals surface area contributed by atoms with Crippen molar-refractivity contribution in [2.75, 3.05) is 18.4 Å². The van der Waals surface area contributed by atoms with Crippen LogP contribution < -0.4 is 11.1 Å². The highest BCUT2D eigenvalue weighted by Crippen LogP contribution is 2.27. The average Bonchev–Trinajstić information content (AvgIpc) is 3.27. The first kappa shape index (κ1) is 17.2. The molecule has 1 fully saturated rings. The Morgan fingerprint density at radius 1 is 1.22 bits per heavy atom. The summed E-state index contributed by atoms with van der Waals surface area (Å²) in [6, 6.07) is 7.23. The maximum Gasteiger partial charge on any atom is 0.254 e. The van der Waals surface area contributed by atoms with Gasteiger partial charge in [-0.25, -0.2) is 9.97 Å². The molecular weight excluding hydrogens is 342 g/mol. The predicted octanol–water partition coefficient (Wildman–Crippen LogP) is 1.52. The summed E-state index contributed by atoms with van der Waals surface area (Å²) in [5.41, 5.74) is 7.69. The van der Waals surface area contributed by atoms with Crippen LogP contribution >= 0.6 is 0 Å². The Hall–Kier alpha value is -3.26. The number of imidazole rings is 1. The van der Waals surface area contributed by atoms with Gasteiger partial charge in [-0.05, 0) is 18.2 Å². The van der Waals surface area contributed by atoms with E-state index in [0.29, 0.717) is 24.5 Å². The second kappa shape index (κ2) is 7.16. The summed E-state index contributed by atoms with van der Waals surface area (Å²) in [5, 5.41) is 3.15. The number of carbonyl (C=O) groups excluding carboxylic acids is 1. The zero-order chi connectivity index (χ0) is 18.8. The number of hydrogen-bond acceptors (Lipinski definition) is 6. The van der Waals surface area contributed by atoms with Crippen LogP contribution in [0.4, 0.5) is 11.5 Å². The lowest BCUT2D eigenvalue weighted by molar-refractivity contribution is 0.0789. The number of aryl methyl sites for hydroxylation is 1. The molecule has 1 aliphatic heterocycles. The number of nitrogens with one attached hydrogen (secondary N) is 1. The average molecular weight is 363 g/mol. The summed E-state index contributed by atoms with van der Waals surface area (Å²) in [7, 11) is 1.95. The highest BCUT2D eigenvalue weighted by atomic mass is 16.2. The smallest absolute Gasteiger partial charge is 0.254 e. The Balaban J connectivity index is 1.50. The van der Waals surface area contributed by atoms with Crippen molar-refractivity contribution in [3.8, 4) is 0 Å². The van der Waals surface area contributed by atoms with Crippen molar-refractivity contribution in [1.82, 2.24) is 24.4 Å². The number of benzene rings is 1. The molecule has 0 radical (unpaired) electrons. The summed E-state index contributed by atoms with van der Waals surface area (Å²) in [4.78, 5) is 27.4. The number of hydrogen-bond donors (Lipinski definition) is 2. The van der Waals surface area contributed by atoms with Gasteiger partial charge in [0.2, 0.25) is 0 Å². The number of nitrogens with two attached hydrogens (primary N) is 1. The molecule has 0 spiro atoms. The summed E-state index contributed by atoms with van der Waals surface area (Å²) >= 11 is 0. The van der Waals surface area contributed by atoms with Gasteiger partial charge >= 0.3 is 0 Å². The van der Waals surface area contributed by atoms with Crippen molar-refractivity contribution in [3.63, 3.8) is 0 Å². The van der Waals surface area contributed by atoms with Gasteiger partial charge in [-0.3, -0.25) is 9.78 Å². The Bertz CT molecular complexity index is 940. The first-order chi connectivity index (χ1) is 13.1. The first-order valence-corrected chi connectivity index (χ1v) is 8.77. The van der Waals surface area contributed by atoms with Crippen molar-refractivity contribution < 1.29 is 4.79 Å². The molecule has 138 valence electrons. The maximum absolute atomic E-state index is 13.0. The molecule has 0 unspecified atom stereocenters. The third kappa shape index (κ3) is 3.52. The maximum atomic E-state index is 13.0. The molecule has 8 nitrogen and oxygen atoms in total. The van der Waals surface area contributed by atoms with Crippen molar-refractivity contribution in [1.29, 1.82) is 0 Å². The van der Waals surface area contributed by atoms with Gasteiger partial charge < -0.3 is 20.5 Å². The van der Waals surface area contributed by atoms with E-state index in [2.05, 4.69) is 20.3 Å². The second-order valence-corrected chi connectivity index (χ2v) is 6.67. The van der Waals surface area contributed by atoms with E-state index in [1.807, 2.05) is 42.1 Å². The fourth-order valence-electron chi connectivity index (χ4n) is 3.43. The van der Waals surface area contributed by atoms with Crippen molar-refractivity contribution in [2.24, 2.45) is 12.8 Å². The quantitative estimate of drug-likeness (QED) is 0.729. The molecule has 1 amide bonds. The van der Waals surface area contributed by atoms with Crippen LogP contribution in [0.15, 0.2) is 55.2 Å². The van der Waals surface area contributed by atoms with Gasteiger partial charge in [0.25, 0.3) is 5.91 Å². The predicted molar refractivity (Wildman–Crippen MR) is 102 cm³/mol. The second-order valence-electron chi connectivity index (χ2n) is 6.67. The fourth-order valence-corrected chi connectivity index (χ4v) is 3.43. The molecule has 2 aromatic heterocycles. The molecule has 3 aromatic rings. The van der Waals surface area contributed by atoms with Gasteiger partial charge in [0, 0.05) is 62.2 Å². The van der Waals surface area contributed by atoms with E-state index in [4.69, 9.17) is 5.73 Å². The minimum atomic E-state index is -0.129. The molecule has 2 atom stereocenters. The molecular formula is C19H21N7O. The Kier molecular flexibility index (Phi) is 4.55. The standard InChI is InChI=1S/C19H21N7O/c1-25-8-7-23-18(25)15-11-26(12-16(15)20)19(27)13-3-2-4-14(9-13)24-17-10-21-5-6-22-17/h2-10,15-16H,11-12,20H2,1H3,(H,22,24)/t15-,16-/m1/s1. The summed E-state index contributed by atoms with van der Waals surface area (Å²) in [6.45, 7) is 1.07. The van der Waals surface area contributed by atoms with E-state index in [9.17, 15) is 4.79 Å². The lowest BCUT2D eigenvalue weighted by Gasteiger charge is -2.17. The number of likely N-dealkylation sites (tertiary alicyclic amines) is 1. The van der Waals surface area contributed by atoms with Crippen LogP contribution in [0.3, 0.4) is 0 Å². The number of aromatic nitrogens is 4. The summed E-state index contributed by atoms with van der Waals surface area (Å²) < 4.78 is 1.96. The van der Waals surface area contributed by atoms with Gasteiger partial charge in [0.05, 0.1) is 12.1 Å². The molecule has 0 bridgehead atoms. The summed E-state index contributed by atoms with van der Waals surface area (Å²) in [5.74, 6) is 1.54. The first-order valence-electron chi connectivity index (χ1n) is 8.77. The monoisotopic (exact) mass is 363 g/mol. The zero-order valence-electron chi connectivity index (χ0n) is 15.0. The van der Waals surface area contributed by atoms with E-state index in [1.54, 1.807) is 29.7 Å². The van der Waals surface area contributed by atoms with Crippen molar-refractivity contribution >= 4 is 17.4 Å². The highest BCUT2D eigenvalue weighted by Gasteiger charge is 2.36. The molecule has 27 heavy (non-hydrogen) atoms. The van der Waals surface area contributed by atoms with Crippen LogP contribution in [0, 0.1) is 0 Å². The Morgan fingerprint density at radius 2 is 2.11 bits per heavy atom. The molecule has 3 N–H and O–H groups in total. The van der Waals surface area contributed by atoms with Gasteiger partial charge in [-0.2, -0.15) is 0 Å². The van der Waals surface area contributed by atoms with E-state index in [1.165, 1.54) is 0 Å². The molecule has 0 saturated carbocycles. The lowest BCUT2D eigenvalue weighted by atomic mass is 10.0. The van der Waals surface area contributed by atoms with Crippen molar-refractivity contribution in [3.05, 3.63) is 66.6 Å². The van der Waals surface area contributed by atoms with E-state index < -0.39 is 0 Å². The largest absolute Gasteiger partial charge is 0.339 e. The van der Waals surface area contributed by atoms with Crippen molar-refractivity contribution in [2.45, 2.75) is 12.0 Å². The van der Waals surface area contributed by atoms with E-state index in [0.717, 1.165) is 11.5 Å². The minimum absolute atomic E-state index is 0.0369. The molecule has 1 aromatic carbocycles. The van der Waals surface area contributed by atoms with Crippen LogP contribution in [-0.2, 0) is 7.05 Å². The molecule has 1 saturated heterocycles. The number of amides is 1. The zero-order valence-corrected chi connectivity index (χ0v) is 15.0. The third-order valence-corrected chi connectivity index (χ3v) is 4.79. The molecule has 3 heterocycles. The van der Waals surface area contributed by atoms with Gasteiger partial charge in [0.1, 0.15) is 11.6 Å². The van der Waals surface area contributed by atoms with Gasteiger partial charge in [-0.1, -0.05) is 6.07 Å². The molecule has 0 aliphatic carbocycles. The Morgan fingerprint density at radius 3 is 2.85 bits per heavy atom. The van der Waals surface area contributed by atoms with Gasteiger partial charge in [-0.15, -0.1) is 0 Å². The fraction of sp³-hybridized carbons (Fsp3) is 0.263. The normalized spacial score (nSPS) is 19.3. The number of anilines is 2. The lowest BCUT2D eigenvalue weighted by Crippen LogP contribution is -2.32. The number of carbonyl (C=O) groups is 1. The number of nitrogens with zero attached hydrogens (tertiary/aromatic N) is 5. The van der Waals surface area contributed by atoms with Crippen LogP contribution in [0.5, 0.6) is 0 Å². The van der Waals surface area contributed by atoms with E-state index in [-0.39, 0.29) is 17.9 Å². The minimum Gasteiger partial charge on any atom is -0.339 e. The van der Waals surface area contributed by atoms with Gasteiger partial charge in [0.15, 0.2) is 0 Å². The molecule has 8 heteroatoms. The van der Waals surface area contributed by atoms with Crippen LogP contribution in [0.2, 0.25) is 0 Å². The van der Waals surface area contributed by atoms with E-state index >= 15 is 0 Å². The number of rotatable bonds is 4.